The number of amides is 3. The Hall–Kier alpha value is -2.97. The van der Waals surface area contributed by atoms with E-state index in [4.69, 9.17) is 5.84 Å². The number of anilines is 1. The van der Waals surface area contributed by atoms with E-state index in [-0.39, 0.29) is 17.6 Å². The normalized spacial score (nSPS) is 17.1. The summed E-state index contributed by atoms with van der Waals surface area (Å²) in [4.78, 5) is 28.4. The van der Waals surface area contributed by atoms with Gasteiger partial charge in [0.05, 0.1) is 6.04 Å². The smallest absolute Gasteiger partial charge is 0.319 e. The molecular weight excluding hydrogens is 373 g/mol. The van der Waals surface area contributed by atoms with E-state index in [1.807, 2.05) is 43.7 Å². The van der Waals surface area contributed by atoms with Crippen molar-refractivity contribution in [1.82, 2.24) is 15.2 Å². The average molecular weight is 399 g/mol. The molecule has 154 valence electrons. The molecule has 2 aromatic carbocycles. The Kier molecular flexibility index (Phi) is 6.46. The van der Waals surface area contributed by atoms with Crippen LogP contribution in [-0.4, -0.2) is 54.5 Å². The number of piperazine rings is 1. The summed E-state index contributed by atoms with van der Waals surface area (Å²) in [6, 6.07) is 11.5. The van der Waals surface area contributed by atoms with E-state index in [1.54, 1.807) is 11.0 Å². The Bertz CT molecular complexity index is 904. The number of nitrogens with one attached hydrogen (secondary N) is 2. The molecule has 2 aromatic rings. The van der Waals surface area contributed by atoms with Gasteiger partial charge in [0.25, 0.3) is 5.91 Å². The van der Waals surface area contributed by atoms with Crippen molar-refractivity contribution < 1.29 is 14.0 Å². The molecule has 29 heavy (non-hydrogen) atoms. The molecule has 8 heteroatoms. The van der Waals surface area contributed by atoms with E-state index in [1.165, 1.54) is 12.1 Å². The molecule has 1 atom stereocenters. The lowest BCUT2D eigenvalue weighted by Gasteiger charge is -2.40. The van der Waals surface area contributed by atoms with Crippen LogP contribution >= 0.6 is 0 Å². The maximum atomic E-state index is 14.6. The van der Waals surface area contributed by atoms with Crippen LogP contribution in [0.5, 0.6) is 0 Å². The van der Waals surface area contributed by atoms with Crippen molar-refractivity contribution in [1.29, 1.82) is 0 Å². The second-order valence-corrected chi connectivity index (χ2v) is 7.34. The first kappa shape index (κ1) is 20.8. The number of nitrogens with two attached hydrogens (primary N) is 1. The average Bonchev–Trinajstić information content (AvgIpc) is 2.70. The second-order valence-electron chi connectivity index (χ2n) is 7.34. The maximum absolute atomic E-state index is 14.6. The SMILES string of the molecule is Cc1ccccc1NC(=O)N1CCN(C)CC1Cc1ccc(C(=O)NN)cc1F. The minimum Gasteiger partial charge on any atom is -0.319 e. The number of rotatable bonds is 4. The third-order valence-corrected chi connectivity index (χ3v) is 5.24. The highest BCUT2D eigenvalue weighted by atomic mass is 19.1. The highest BCUT2D eigenvalue weighted by Crippen LogP contribution is 2.20. The Balaban J connectivity index is 1.77. The first-order chi connectivity index (χ1) is 13.9. The largest absolute Gasteiger partial charge is 0.322 e. The second kappa shape index (κ2) is 9.02. The molecule has 0 bridgehead atoms. The van der Waals surface area contributed by atoms with Crippen LogP contribution in [0.2, 0.25) is 0 Å². The maximum Gasteiger partial charge on any atom is 0.322 e. The third kappa shape index (κ3) is 4.90. The van der Waals surface area contributed by atoms with Gasteiger partial charge in [-0.25, -0.2) is 15.0 Å². The van der Waals surface area contributed by atoms with Gasteiger partial charge in [-0.05, 0) is 49.7 Å². The van der Waals surface area contributed by atoms with Gasteiger partial charge in [-0.15, -0.1) is 0 Å². The Morgan fingerprint density at radius 2 is 1.97 bits per heavy atom. The number of urea groups is 1. The molecule has 3 amide bonds. The lowest BCUT2D eigenvalue weighted by Crippen LogP contribution is -2.56. The highest BCUT2D eigenvalue weighted by molar-refractivity contribution is 5.93. The van der Waals surface area contributed by atoms with Crippen LogP contribution in [0.15, 0.2) is 42.5 Å². The number of benzene rings is 2. The predicted octanol–water partition coefficient (Wildman–Crippen LogP) is 2.13. The Labute approximate surface area is 169 Å². The van der Waals surface area contributed by atoms with Crippen LogP contribution in [-0.2, 0) is 6.42 Å². The molecular formula is C21H26FN5O2. The van der Waals surface area contributed by atoms with Crippen molar-refractivity contribution in [3.63, 3.8) is 0 Å². The summed E-state index contributed by atoms with van der Waals surface area (Å²) in [7, 11) is 1.98. The van der Waals surface area contributed by atoms with Crippen molar-refractivity contribution >= 4 is 17.6 Å². The third-order valence-electron chi connectivity index (χ3n) is 5.24. The number of halogens is 1. The van der Waals surface area contributed by atoms with Crippen LogP contribution < -0.4 is 16.6 Å². The number of nitrogens with zero attached hydrogens (tertiary/aromatic N) is 2. The summed E-state index contributed by atoms with van der Waals surface area (Å²) >= 11 is 0. The van der Waals surface area contributed by atoms with Gasteiger partial charge in [-0.3, -0.25) is 10.2 Å². The van der Waals surface area contributed by atoms with Gasteiger partial charge in [-0.2, -0.15) is 0 Å². The number of hydrogen-bond donors (Lipinski definition) is 3. The van der Waals surface area contributed by atoms with Gasteiger partial charge in [0.2, 0.25) is 0 Å². The highest BCUT2D eigenvalue weighted by Gasteiger charge is 2.30. The van der Waals surface area contributed by atoms with E-state index < -0.39 is 11.7 Å². The molecule has 1 aliphatic heterocycles. The van der Waals surface area contributed by atoms with E-state index in [0.717, 1.165) is 17.8 Å². The van der Waals surface area contributed by atoms with Crippen molar-refractivity contribution in [3.8, 4) is 0 Å². The molecule has 1 unspecified atom stereocenters. The topological polar surface area (TPSA) is 90.7 Å². The monoisotopic (exact) mass is 399 g/mol. The number of aryl methyl sites for hydroxylation is 1. The number of hydrogen-bond acceptors (Lipinski definition) is 4. The van der Waals surface area contributed by atoms with Gasteiger partial charge in [-0.1, -0.05) is 24.3 Å². The number of likely N-dealkylation sites (N-methyl/N-ethyl adjacent to an activating group) is 1. The number of carbonyl (C=O) groups excluding carboxylic acids is 2. The summed E-state index contributed by atoms with van der Waals surface area (Å²) in [5.41, 5.74) is 4.34. The molecule has 4 N–H and O–H groups in total. The Morgan fingerprint density at radius 1 is 1.21 bits per heavy atom. The van der Waals surface area contributed by atoms with Crippen molar-refractivity contribution in [2.45, 2.75) is 19.4 Å². The van der Waals surface area contributed by atoms with Crippen molar-refractivity contribution in [2.24, 2.45) is 5.84 Å². The Morgan fingerprint density at radius 3 is 2.66 bits per heavy atom. The minimum atomic E-state index is -0.549. The fourth-order valence-electron chi connectivity index (χ4n) is 3.54. The van der Waals surface area contributed by atoms with Crippen LogP contribution in [0, 0.1) is 12.7 Å². The van der Waals surface area contributed by atoms with Gasteiger partial charge in [0, 0.05) is 30.9 Å². The molecule has 7 nitrogen and oxygen atoms in total. The molecule has 0 spiro atoms. The first-order valence-corrected chi connectivity index (χ1v) is 9.50. The standard InChI is InChI=1S/C21H26FN5O2/c1-14-5-3-4-6-19(14)24-21(29)27-10-9-26(2)13-17(27)11-15-7-8-16(12-18(15)22)20(28)25-23/h3-8,12,17H,9-11,13,23H2,1-2H3,(H,24,29)(H,25,28). The molecule has 1 aliphatic rings. The van der Waals surface area contributed by atoms with Crippen LogP contribution in [0.1, 0.15) is 21.5 Å². The summed E-state index contributed by atoms with van der Waals surface area (Å²) in [5, 5.41) is 2.96. The van der Waals surface area contributed by atoms with Crippen LogP contribution in [0.4, 0.5) is 14.9 Å². The van der Waals surface area contributed by atoms with E-state index in [2.05, 4.69) is 10.2 Å². The van der Waals surface area contributed by atoms with Crippen LogP contribution in [0.25, 0.3) is 0 Å². The van der Waals surface area contributed by atoms with Crippen LogP contribution in [0.3, 0.4) is 0 Å². The zero-order valence-electron chi connectivity index (χ0n) is 16.6. The van der Waals surface area contributed by atoms with Crippen molar-refractivity contribution in [2.75, 3.05) is 32.0 Å². The van der Waals surface area contributed by atoms with Gasteiger partial charge >= 0.3 is 6.03 Å². The lowest BCUT2D eigenvalue weighted by molar-refractivity contribution is 0.0953. The molecule has 0 radical (unpaired) electrons. The fraction of sp³-hybridized carbons (Fsp3) is 0.333. The molecule has 1 fully saturated rings. The zero-order chi connectivity index (χ0) is 21.0. The van der Waals surface area contributed by atoms with E-state index in [0.29, 0.717) is 25.1 Å². The molecule has 0 saturated carbocycles. The molecule has 3 rings (SSSR count). The molecule has 1 heterocycles. The van der Waals surface area contributed by atoms with Crippen molar-refractivity contribution in [3.05, 3.63) is 65.0 Å². The lowest BCUT2D eigenvalue weighted by atomic mass is 10.0. The number of hydrazine groups is 1. The number of nitrogen functional groups attached to an aromatic ring is 1. The van der Waals surface area contributed by atoms with E-state index in [9.17, 15) is 14.0 Å². The van der Waals surface area contributed by atoms with Gasteiger partial charge in [0.1, 0.15) is 5.82 Å². The molecule has 1 saturated heterocycles. The summed E-state index contributed by atoms with van der Waals surface area (Å²) < 4.78 is 14.6. The molecule has 0 aromatic heterocycles. The van der Waals surface area contributed by atoms with E-state index >= 15 is 0 Å². The quantitative estimate of drug-likeness (QED) is 0.417. The number of para-hydroxylation sites is 1. The fourth-order valence-corrected chi connectivity index (χ4v) is 3.54. The number of carbonyl (C=O) groups is 2. The zero-order valence-corrected chi connectivity index (χ0v) is 16.6. The predicted molar refractivity (Wildman–Crippen MR) is 110 cm³/mol. The summed E-state index contributed by atoms with van der Waals surface area (Å²) in [6.45, 7) is 3.86. The minimum absolute atomic E-state index is 0.156. The van der Waals surface area contributed by atoms with Gasteiger partial charge < -0.3 is 15.1 Å². The summed E-state index contributed by atoms with van der Waals surface area (Å²) in [5.74, 6) is 4.07. The summed E-state index contributed by atoms with van der Waals surface area (Å²) in [6.07, 6.45) is 0.349. The van der Waals surface area contributed by atoms with Gasteiger partial charge in [0.15, 0.2) is 0 Å². The molecule has 0 aliphatic carbocycles. The first-order valence-electron chi connectivity index (χ1n) is 9.50.